The maximum Gasteiger partial charge on any atom is 0.213 e. The van der Waals surface area contributed by atoms with Crippen LogP contribution in [-0.4, -0.2) is 24.8 Å². The van der Waals surface area contributed by atoms with Gasteiger partial charge in [0.2, 0.25) is 6.39 Å². The van der Waals surface area contributed by atoms with Gasteiger partial charge in [-0.15, -0.1) is 0 Å². The second-order valence-corrected chi connectivity index (χ2v) is 4.64. The van der Waals surface area contributed by atoms with Crippen LogP contribution in [0.25, 0.3) is 11.0 Å². The summed E-state index contributed by atoms with van der Waals surface area (Å²) in [4.78, 5) is 8.43. The van der Waals surface area contributed by atoms with Gasteiger partial charge in [0, 0.05) is 18.7 Å². The molecule has 0 saturated carbocycles. The lowest BCUT2D eigenvalue weighted by Crippen LogP contribution is -2.09. The summed E-state index contributed by atoms with van der Waals surface area (Å²) in [5, 5.41) is 13.6. The first-order chi connectivity index (χ1) is 9.65. The third-order valence-corrected chi connectivity index (χ3v) is 3.14. The Balaban J connectivity index is 2.00. The average Bonchev–Trinajstić information content (AvgIpc) is 3.02. The van der Waals surface area contributed by atoms with E-state index < -0.39 is 6.10 Å². The summed E-state index contributed by atoms with van der Waals surface area (Å²) >= 11 is 0. The fourth-order valence-corrected chi connectivity index (χ4v) is 2.23. The topological polar surface area (TPSA) is 103 Å². The molecule has 1 unspecified atom stereocenters. The SMILES string of the molecule is CC(O)c1nc2cc(N)ccc2n1CCc1ncon1. The van der Waals surface area contributed by atoms with Gasteiger partial charge in [0.25, 0.3) is 0 Å². The molecule has 0 fully saturated rings. The molecule has 0 radical (unpaired) electrons. The first kappa shape index (κ1) is 12.6. The van der Waals surface area contributed by atoms with Gasteiger partial charge >= 0.3 is 0 Å². The van der Waals surface area contributed by atoms with Gasteiger partial charge in [0.05, 0.1) is 11.0 Å². The molecule has 7 nitrogen and oxygen atoms in total. The molecular weight excluding hydrogens is 258 g/mol. The van der Waals surface area contributed by atoms with Crippen molar-refractivity contribution < 1.29 is 9.63 Å². The number of anilines is 1. The Bertz CT molecular complexity index is 718. The molecule has 3 rings (SSSR count). The van der Waals surface area contributed by atoms with E-state index in [9.17, 15) is 5.11 Å². The highest BCUT2D eigenvalue weighted by Gasteiger charge is 2.15. The van der Waals surface area contributed by atoms with Crippen LogP contribution in [0.1, 0.15) is 24.7 Å². The highest BCUT2D eigenvalue weighted by Crippen LogP contribution is 2.23. The summed E-state index contributed by atoms with van der Waals surface area (Å²) in [6.45, 7) is 2.30. The minimum Gasteiger partial charge on any atom is -0.399 e. The number of aryl methyl sites for hydroxylation is 2. The highest BCUT2D eigenvalue weighted by atomic mass is 16.5. The maximum absolute atomic E-state index is 9.87. The van der Waals surface area contributed by atoms with E-state index in [1.165, 1.54) is 6.39 Å². The van der Waals surface area contributed by atoms with Crippen LogP contribution in [0, 0.1) is 0 Å². The Kier molecular flexibility index (Phi) is 3.11. The highest BCUT2D eigenvalue weighted by molar-refractivity contribution is 5.79. The number of fused-ring (bicyclic) bond motifs is 1. The quantitative estimate of drug-likeness (QED) is 0.694. The molecule has 3 N–H and O–H groups in total. The smallest absolute Gasteiger partial charge is 0.213 e. The normalized spacial score (nSPS) is 12.9. The Morgan fingerprint density at radius 1 is 1.45 bits per heavy atom. The van der Waals surface area contributed by atoms with E-state index in [2.05, 4.69) is 15.1 Å². The Hall–Kier alpha value is -2.41. The Labute approximate surface area is 115 Å². The molecule has 0 spiro atoms. The number of aromatic nitrogens is 4. The van der Waals surface area contributed by atoms with Crippen molar-refractivity contribution in [2.45, 2.75) is 26.0 Å². The van der Waals surface area contributed by atoms with Crippen LogP contribution in [0.3, 0.4) is 0 Å². The standard InChI is InChI=1S/C13H15N5O2/c1-8(19)13-16-10-6-9(14)2-3-11(10)18(13)5-4-12-15-7-20-17-12/h2-3,6-8,19H,4-5,14H2,1H3. The molecular formula is C13H15N5O2. The lowest BCUT2D eigenvalue weighted by Gasteiger charge is -2.09. The minimum atomic E-state index is -0.658. The van der Waals surface area contributed by atoms with E-state index in [4.69, 9.17) is 10.3 Å². The van der Waals surface area contributed by atoms with Gasteiger partial charge in [-0.25, -0.2) is 4.98 Å². The predicted molar refractivity (Wildman–Crippen MR) is 72.8 cm³/mol. The Morgan fingerprint density at radius 3 is 3.00 bits per heavy atom. The summed E-state index contributed by atoms with van der Waals surface area (Å²) in [6, 6.07) is 5.52. The molecule has 0 saturated heterocycles. The fourth-order valence-electron chi connectivity index (χ4n) is 2.23. The van der Waals surface area contributed by atoms with Gasteiger partial charge in [-0.3, -0.25) is 0 Å². The summed E-state index contributed by atoms with van der Waals surface area (Å²) in [5.41, 5.74) is 8.12. The molecule has 3 aromatic rings. The number of nitrogen functional groups attached to an aromatic ring is 1. The predicted octanol–water partition coefficient (Wildman–Crippen LogP) is 1.30. The van der Waals surface area contributed by atoms with Crippen molar-refractivity contribution in [1.29, 1.82) is 0 Å². The van der Waals surface area contributed by atoms with Crippen molar-refractivity contribution in [2.24, 2.45) is 0 Å². The second kappa shape index (κ2) is 4.93. The molecule has 2 heterocycles. The second-order valence-electron chi connectivity index (χ2n) is 4.64. The zero-order valence-corrected chi connectivity index (χ0v) is 11.0. The van der Waals surface area contributed by atoms with Crippen LogP contribution >= 0.6 is 0 Å². The van der Waals surface area contributed by atoms with Crippen LogP contribution in [0.5, 0.6) is 0 Å². The van der Waals surface area contributed by atoms with Crippen molar-refractivity contribution in [1.82, 2.24) is 19.7 Å². The number of rotatable bonds is 4. The van der Waals surface area contributed by atoms with Crippen molar-refractivity contribution >= 4 is 16.7 Å². The molecule has 2 aromatic heterocycles. The number of nitrogens with zero attached hydrogens (tertiary/aromatic N) is 4. The molecule has 7 heteroatoms. The van der Waals surface area contributed by atoms with Crippen molar-refractivity contribution in [2.75, 3.05) is 5.73 Å². The van der Waals surface area contributed by atoms with Crippen molar-refractivity contribution in [3.05, 3.63) is 36.2 Å². The van der Waals surface area contributed by atoms with Crippen molar-refractivity contribution in [3.63, 3.8) is 0 Å². The van der Waals surface area contributed by atoms with Crippen LogP contribution in [0.4, 0.5) is 5.69 Å². The molecule has 0 amide bonds. The van der Waals surface area contributed by atoms with Crippen LogP contribution in [0.2, 0.25) is 0 Å². The van der Waals surface area contributed by atoms with Gasteiger partial charge in [0.1, 0.15) is 11.9 Å². The van der Waals surface area contributed by atoms with Gasteiger partial charge < -0.3 is 19.9 Å². The van der Waals surface area contributed by atoms with Crippen LogP contribution in [-0.2, 0) is 13.0 Å². The third kappa shape index (κ3) is 2.23. The average molecular weight is 273 g/mol. The number of imidazole rings is 1. The van der Waals surface area contributed by atoms with E-state index >= 15 is 0 Å². The molecule has 1 atom stereocenters. The summed E-state index contributed by atoms with van der Waals surface area (Å²) in [5.74, 6) is 1.23. The zero-order valence-electron chi connectivity index (χ0n) is 11.0. The summed E-state index contributed by atoms with van der Waals surface area (Å²) in [6.07, 6.45) is 1.25. The number of hydrogen-bond donors (Lipinski definition) is 2. The molecule has 0 aliphatic carbocycles. The zero-order chi connectivity index (χ0) is 14.1. The molecule has 1 aromatic carbocycles. The van der Waals surface area contributed by atoms with E-state index in [0.29, 0.717) is 30.3 Å². The number of nitrogens with two attached hydrogens (primary N) is 1. The fraction of sp³-hybridized carbons (Fsp3) is 0.308. The number of benzene rings is 1. The lowest BCUT2D eigenvalue weighted by molar-refractivity contribution is 0.184. The number of aliphatic hydroxyl groups excluding tert-OH is 1. The molecule has 0 aliphatic heterocycles. The largest absolute Gasteiger partial charge is 0.399 e. The third-order valence-electron chi connectivity index (χ3n) is 3.14. The van der Waals surface area contributed by atoms with Crippen LogP contribution in [0.15, 0.2) is 29.1 Å². The number of aliphatic hydroxyl groups is 1. The molecule has 20 heavy (non-hydrogen) atoms. The van der Waals surface area contributed by atoms with E-state index in [1.807, 2.05) is 16.7 Å². The monoisotopic (exact) mass is 273 g/mol. The maximum atomic E-state index is 9.87. The first-order valence-electron chi connectivity index (χ1n) is 6.34. The minimum absolute atomic E-state index is 0.603. The Morgan fingerprint density at radius 2 is 2.30 bits per heavy atom. The molecule has 0 bridgehead atoms. The number of hydrogen-bond acceptors (Lipinski definition) is 6. The van der Waals surface area contributed by atoms with Crippen molar-refractivity contribution in [3.8, 4) is 0 Å². The van der Waals surface area contributed by atoms with Crippen LogP contribution < -0.4 is 5.73 Å². The van der Waals surface area contributed by atoms with E-state index in [-0.39, 0.29) is 0 Å². The van der Waals surface area contributed by atoms with Gasteiger partial charge in [-0.05, 0) is 25.1 Å². The first-order valence-corrected chi connectivity index (χ1v) is 6.34. The lowest BCUT2D eigenvalue weighted by atomic mass is 10.2. The van der Waals surface area contributed by atoms with E-state index in [1.54, 1.807) is 13.0 Å². The van der Waals surface area contributed by atoms with E-state index in [0.717, 1.165) is 11.0 Å². The molecule has 0 aliphatic rings. The molecule has 104 valence electrons. The van der Waals surface area contributed by atoms with Gasteiger partial charge in [0.15, 0.2) is 5.82 Å². The van der Waals surface area contributed by atoms with Gasteiger partial charge in [-0.1, -0.05) is 5.16 Å². The summed E-state index contributed by atoms with van der Waals surface area (Å²) < 4.78 is 6.67. The van der Waals surface area contributed by atoms with Gasteiger partial charge in [-0.2, -0.15) is 4.98 Å². The summed E-state index contributed by atoms with van der Waals surface area (Å²) in [7, 11) is 0.